The molecular weight excluding hydrogens is 166 g/mol. The van der Waals surface area contributed by atoms with Crippen LogP contribution in [0.15, 0.2) is 0 Å². The lowest BCUT2D eigenvalue weighted by Gasteiger charge is -2.18. The van der Waals surface area contributed by atoms with E-state index in [1.54, 1.807) is 0 Å². The van der Waals surface area contributed by atoms with Crippen LogP contribution in [0.5, 0.6) is 0 Å². The summed E-state index contributed by atoms with van der Waals surface area (Å²) in [5.41, 5.74) is 0. The minimum atomic E-state index is 0.558. The molecule has 1 aliphatic heterocycles. The molecule has 1 fully saturated rings. The molecule has 0 aromatic heterocycles. The topological polar surface area (TPSA) is 30.5 Å². The van der Waals surface area contributed by atoms with Gasteiger partial charge in [0.25, 0.3) is 0 Å². The van der Waals surface area contributed by atoms with Crippen molar-refractivity contribution in [2.24, 2.45) is 5.92 Å². The van der Waals surface area contributed by atoms with E-state index >= 15 is 0 Å². The first-order chi connectivity index (χ1) is 6.34. The maximum Gasteiger partial charge on any atom is 0.0590 e. The summed E-state index contributed by atoms with van der Waals surface area (Å²) >= 11 is 0. The van der Waals surface area contributed by atoms with Crippen LogP contribution in [0.3, 0.4) is 0 Å². The van der Waals surface area contributed by atoms with E-state index in [1.807, 2.05) is 6.92 Å². The summed E-state index contributed by atoms with van der Waals surface area (Å²) in [6.45, 7) is 8.67. The highest BCUT2D eigenvalue weighted by atomic mass is 16.5. The fourth-order valence-corrected chi connectivity index (χ4v) is 1.62. The first-order valence-electron chi connectivity index (χ1n) is 5.23. The van der Waals surface area contributed by atoms with E-state index in [9.17, 15) is 0 Å². The first kappa shape index (κ1) is 11.0. The van der Waals surface area contributed by atoms with Crippen molar-refractivity contribution in [2.45, 2.75) is 26.3 Å². The standard InChI is InChI=1S/C10H21NO2/c1-3-12-7-5-11-9(2)10-4-6-13-8-10/h9-11H,3-8H2,1-2H3. The molecule has 0 saturated carbocycles. The van der Waals surface area contributed by atoms with Gasteiger partial charge in [0.2, 0.25) is 0 Å². The van der Waals surface area contributed by atoms with E-state index in [4.69, 9.17) is 9.47 Å². The average molecular weight is 187 g/mol. The van der Waals surface area contributed by atoms with Crippen molar-refractivity contribution >= 4 is 0 Å². The van der Waals surface area contributed by atoms with E-state index in [1.165, 1.54) is 6.42 Å². The molecule has 0 aliphatic carbocycles. The van der Waals surface area contributed by atoms with E-state index in [0.29, 0.717) is 12.0 Å². The second-order valence-electron chi connectivity index (χ2n) is 3.56. The summed E-state index contributed by atoms with van der Waals surface area (Å²) in [5, 5.41) is 3.45. The van der Waals surface area contributed by atoms with Gasteiger partial charge in [-0.2, -0.15) is 0 Å². The first-order valence-corrected chi connectivity index (χ1v) is 5.23. The van der Waals surface area contributed by atoms with Gasteiger partial charge in [0.1, 0.15) is 0 Å². The summed E-state index contributed by atoms with van der Waals surface area (Å²) in [6, 6.07) is 0.558. The minimum absolute atomic E-state index is 0.558. The predicted octanol–water partition coefficient (Wildman–Crippen LogP) is 1.04. The van der Waals surface area contributed by atoms with Crippen LogP contribution in [0.1, 0.15) is 20.3 Å². The van der Waals surface area contributed by atoms with E-state index in [-0.39, 0.29) is 0 Å². The van der Waals surface area contributed by atoms with Crippen molar-refractivity contribution < 1.29 is 9.47 Å². The Labute approximate surface area is 80.8 Å². The second-order valence-corrected chi connectivity index (χ2v) is 3.56. The molecule has 1 saturated heterocycles. The molecule has 2 unspecified atom stereocenters. The zero-order valence-corrected chi connectivity index (χ0v) is 8.71. The van der Waals surface area contributed by atoms with Crippen LogP contribution >= 0.6 is 0 Å². The van der Waals surface area contributed by atoms with Gasteiger partial charge in [-0.3, -0.25) is 0 Å². The molecule has 0 radical (unpaired) electrons. The average Bonchev–Trinajstić information content (AvgIpc) is 2.65. The highest BCUT2D eigenvalue weighted by Crippen LogP contribution is 2.15. The van der Waals surface area contributed by atoms with Crippen molar-refractivity contribution in [3.05, 3.63) is 0 Å². The van der Waals surface area contributed by atoms with Crippen LogP contribution in [0.25, 0.3) is 0 Å². The van der Waals surface area contributed by atoms with Crippen molar-refractivity contribution in [3.8, 4) is 0 Å². The Morgan fingerprint density at radius 1 is 1.62 bits per heavy atom. The molecule has 13 heavy (non-hydrogen) atoms. The molecule has 0 aromatic rings. The largest absolute Gasteiger partial charge is 0.381 e. The summed E-state index contributed by atoms with van der Waals surface area (Å²) in [5.74, 6) is 0.696. The van der Waals surface area contributed by atoms with Crippen molar-refractivity contribution in [3.63, 3.8) is 0 Å². The highest BCUT2D eigenvalue weighted by molar-refractivity contribution is 4.75. The fourth-order valence-electron chi connectivity index (χ4n) is 1.62. The second kappa shape index (κ2) is 6.35. The van der Waals surface area contributed by atoms with Crippen LogP contribution in [0.4, 0.5) is 0 Å². The molecule has 0 aromatic carbocycles. The van der Waals surface area contributed by atoms with Gasteiger partial charge in [0.05, 0.1) is 13.2 Å². The molecule has 1 rings (SSSR count). The van der Waals surface area contributed by atoms with Gasteiger partial charge in [-0.15, -0.1) is 0 Å². The van der Waals surface area contributed by atoms with Gasteiger partial charge in [-0.25, -0.2) is 0 Å². The summed E-state index contributed by atoms with van der Waals surface area (Å²) < 4.78 is 10.6. The molecule has 0 spiro atoms. The predicted molar refractivity (Wildman–Crippen MR) is 52.9 cm³/mol. The van der Waals surface area contributed by atoms with Crippen LogP contribution < -0.4 is 5.32 Å². The molecule has 1 heterocycles. The Hall–Kier alpha value is -0.120. The zero-order valence-electron chi connectivity index (χ0n) is 8.71. The SMILES string of the molecule is CCOCCNC(C)C1CCOC1. The quantitative estimate of drug-likeness (QED) is 0.630. The Kier molecular flexibility index (Phi) is 5.35. The third kappa shape index (κ3) is 4.07. The minimum Gasteiger partial charge on any atom is -0.381 e. The van der Waals surface area contributed by atoms with Crippen LogP contribution in [-0.4, -0.2) is 39.0 Å². The Morgan fingerprint density at radius 2 is 2.46 bits per heavy atom. The lowest BCUT2D eigenvalue weighted by molar-refractivity contribution is 0.142. The van der Waals surface area contributed by atoms with E-state index < -0.39 is 0 Å². The van der Waals surface area contributed by atoms with Gasteiger partial charge < -0.3 is 14.8 Å². The number of ether oxygens (including phenoxy) is 2. The normalized spacial score (nSPS) is 24.9. The van der Waals surface area contributed by atoms with Crippen molar-refractivity contribution in [1.82, 2.24) is 5.32 Å². The van der Waals surface area contributed by atoms with Gasteiger partial charge in [0.15, 0.2) is 0 Å². The van der Waals surface area contributed by atoms with Crippen molar-refractivity contribution in [1.29, 1.82) is 0 Å². The number of hydrogen-bond donors (Lipinski definition) is 1. The summed E-state index contributed by atoms with van der Waals surface area (Å²) in [4.78, 5) is 0. The molecule has 0 amide bonds. The number of hydrogen-bond acceptors (Lipinski definition) is 3. The van der Waals surface area contributed by atoms with Gasteiger partial charge >= 0.3 is 0 Å². The Morgan fingerprint density at radius 3 is 3.08 bits per heavy atom. The summed E-state index contributed by atoms with van der Waals surface area (Å²) in [6.07, 6.45) is 1.20. The van der Waals surface area contributed by atoms with Crippen LogP contribution in [0, 0.1) is 5.92 Å². The number of nitrogens with one attached hydrogen (secondary N) is 1. The molecule has 3 heteroatoms. The zero-order chi connectivity index (χ0) is 9.52. The van der Waals surface area contributed by atoms with Crippen LogP contribution in [0.2, 0.25) is 0 Å². The highest BCUT2D eigenvalue weighted by Gasteiger charge is 2.21. The van der Waals surface area contributed by atoms with Gasteiger partial charge in [0, 0.05) is 25.8 Å². The maximum absolute atomic E-state index is 5.33. The Balaban J connectivity index is 1.99. The molecule has 78 valence electrons. The monoisotopic (exact) mass is 187 g/mol. The molecule has 2 atom stereocenters. The molecule has 1 N–H and O–H groups in total. The smallest absolute Gasteiger partial charge is 0.0590 e. The Bertz CT molecular complexity index is 124. The summed E-state index contributed by atoms with van der Waals surface area (Å²) in [7, 11) is 0. The van der Waals surface area contributed by atoms with Gasteiger partial charge in [-0.05, 0) is 26.2 Å². The van der Waals surface area contributed by atoms with E-state index in [0.717, 1.165) is 33.0 Å². The molecule has 1 aliphatic rings. The third-order valence-electron chi connectivity index (χ3n) is 2.59. The lowest BCUT2D eigenvalue weighted by atomic mass is 10.0. The third-order valence-corrected chi connectivity index (χ3v) is 2.59. The fraction of sp³-hybridized carbons (Fsp3) is 1.00. The maximum atomic E-state index is 5.33. The van der Waals surface area contributed by atoms with Crippen molar-refractivity contribution in [2.75, 3.05) is 33.0 Å². The molecule has 0 bridgehead atoms. The van der Waals surface area contributed by atoms with Crippen LogP contribution in [-0.2, 0) is 9.47 Å². The van der Waals surface area contributed by atoms with E-state index in [2.05, 4.69) is 12.2 Å². The molecular formula is C10H21NO2. The lowest BCUT2D eigenvalue weighted by Crippen LogP contribution is -2.36. The molecule has 3 nitrogen and oxygen atoms in total. The van der Waals surface area contributed by atoms with Gasteiger partial charge in [-0.1, -0.05) is 0 Å². The number of rotatable bonds is 6.